The average molecular weight is 298 g/mol. The van der Waals surface area contributed by atoms with E-state index in [1.54, 1.807) is 12.1 Å². The van der Waals surface area contributed by atoms with Crippen molar-refractivity contribution in [2.24, 2.45) is 0 Å². The van der Waals surface area contributed by atoms with Crippen molar-refractivity contribution >= 4 is 17.6 Å². The summed E-state index contributed by atoms with van der Waals surface area (Å²) in [6, 6.07) is 3.98. The summed E-state index contributed by atoms with van der Waals surface area (Å²) in [7, 11) is 0. The molecule has 4 nitrogen and oxygen atoms in total. The summed E-state index contributed by atoms with van der Waals surface area (Å²) in [5, 5.41) is 20.0. The number of carboxylic acids is 1. The smallest absolute Gasteiger partial charge is 0.325 e. The molecule has 5 heteroatoms. The molecule has 1 fully saturated rings. The third kappa shape index (κ3) is 3.07. The maximum atomic E-state index is 11.7. The number of benzene rings is 1. The first-order valence-electron chi connectivity index (χ1n) is 7.01. The number of piperidine rings is 1. The summed E-state index contributed by atoms with van der Waals surface area (Å²) in [5.74, 6) is -0.954. The Morgan fingerprint density at radius 2 is 2.25 bits per heavy atom. The summed E-state index contributed by atoms with van der Waals surface area (Å²) in [6.07, 6.45) is 4.02. The predicted octanol–water partition coefficient (Wildman–Crippen LogP) is 3.44. The van der Waals surface area contributed by atoms with Gasteiger partial charge in [-0.1, -0.05) is 24.9 Å². The van der Waals surface area contributed by atoms with E-state index in [0.29, 0.717) is 10.6 Å². The molecule has 0 radical (unpaired) electrons. The van der Waals surface area contributed by atoms with Gasteiger partial charge in [0.25, 0.3) is 0 Å². The summed E-state index contributed by atoms with van der Waals surface area (Å²) in [6.45, 7) is 2.81. The molecule has 0 aromatic heterocycles. The Balaban J connectivity index is 2.39. The van der Waals surface area contributed by atoms with E-state index in [2.05, 4.69) is 6.92 Å². The standard InChI is InChI=1S/C15H20ClNO3/c1-2-11-5-3-4-8-17(11)14(15(19)20)12-9-10(16)6-7-13(12)18/h6-7,9,11,14,18H,2-5,8H2,1H3,(H,19,20). The van der Waals surface area contributed by atoms with Crippen LogP contribution in [0.2, 0.25) is 5.02 Å². The molecule has 0 aliphatic carbocycles. The van der Waals surface area contributed by atoms with Gasteiger partial charge in [-0.3, -0.25) is 9.69 Å². The van der Waals surface area contributed by atoms with Gasteiger partial charge in [0, 0.05) is 16.6 Å². The Kier molecular flexibility index (Phi) is 4.89. The van der Waals surface area contributed by atoms with Crippen LogP contribution in [0.5, 0.6) is 5.75 Å². The van der Waals surface area contributed by atoms with Gasteiger partial charge >= 0.3 is 5.97 Å². The molecule has 1 aliphatic rings. The molecular formula is C15H20ClNO3. The number of phenolic OH excluding ortho intramolecular Hbond substituents is 1. The van der Waals surface area contributed by atoms with Crippen LogP contribution in [0.4, 0.5) is 0 Å². The molecule has 0 amide bonds. The number of hydrogen-bond donors (Lipinski definition) is 2. The van der Waals surface area contributed by atoms with Crippen LogP contribution in [0.3, 0.4) is 0 Å². The van der Waals surface area contributed by atoms with E-state index in [4.69, 9.17) is 11.6 Å². The summed E-state index contributed by atoms with van der Waals surface area (Å²) < 4.78 is 0. The molecule has 1 heterocycles. The van der Waals surface area contributed by atoms with E-state index < -0.39 is 12.0 Å². The monoisotopic (exact) mass is 297 g/mol. The van der Waals surface area contributed by atoms with Crippen molar-refractivity contribution in [3.8, 4) is 5.75 Å². The molecule has 2 unspecified atom stereocenters. The lowest BCUT2D eigenvalue weighted by Crippen LogP contribution is -2.44. The molecule has 0 spiro atoms. The zero-order valence-electron chi connectivity index (χ0n) is 11.6. The van der Waals surface area contributed by atoms with Crippen LogP contribution in [-0.4, -0.2) is 33.7 Å². The molecule has 110 valence electrons. The van der Waals surface area contributed by atoms with E-state index in [1.807, 2.05) is 4.90 Å². The second kappa shape index (κ2) is 6.46. The van der Waals surface area contributed by atoms with E-state index in [9.17, 15) is 15.0 Å². The third-order valence-corrected chi connectivity index (χ3v) is 4.23. The number of halogens is 1. The minimum absolute atomic E-state index is 0.0118. The third-order valence-electron chi connectivity index (χ3n) is 3.99. The summed E-state index contributed by atoms with van der Waals surface area (Å²) in [4.78, 5) is 13.7. The van der Waals surface area contributed by atoms with Crippen LogP contribution in [0.15, 0.2) is 18.2 Å². The minimum Gasteiger partial charge on any atom is -0.508 e. The number of nitrogens with zero attached hydrogens (tertiary/aromatic N) is 1. The van der Waals surface area contributed by atoms with Crippen molar-refractivity contribution in [2.45, 2.75) is 44.7 Å². The van der Waals surface area contributed by atoms with Gasteiger partial charge in [0.2, 0.25) is 0 Å². The molecule has 1 saturated heterocycles. The van der Waals surface area contributed by atoms with Crippen molar-refractivity contribution in [1.82, 2.24) is 4.90 Å². The highest BCUT2D eigenvalue weighted by atomic mass is 35.5. The molecule has 2 atom stereocenters. The normalized spacial score (nSPS) is 21.6. The quantitative estimate of drug-likeness (QED) is 0.894. The minimum atomic E-state index is -0.942. The fourth-order valence-corrected chi connectivity index (χ4v) is 3.18. The first-order valence-corrected chi connectivity index (χ1v) is 7.39. The lowest BCUT2D eigenvalue weighted by molar-refractivity contribution is -0.145. The van der Waals surface area contributed by atoms with Crippen LogP contribution in [0, 0.1) is 0 Å². The summed E-state index contributed by atoms with van der Waals surface area (Å²) >= 11 is 5.95. The van der Waals surface area contributed by atoms with E-state index in [0.717, 1.165) is 32.2 Å². The molecule has 2 rings (SSSR count). The molecule has 1 aromatic rings. The molecule has 1 aliphatic heterocycles. The van der Waals surface area contributed by atoms with Crippen molar-refractivity contribution in [3.05, 3.63) is 28.8 Å². The molecular weight excluding hydrogens is 278 g/mol. The number of likely N-dealkylation sites (tertiary alicyclic amines) is 1. The topological polar surface area (TPSA) is 60.8 Å². The van der Waals surface area contributed by atoms with Crippen molar-refractivity contribution in [1.29, 1.82) is 0 Å². The number of carboxylic acid groups (broad SMARTS) is 1. The number of carbonyl (C=O) groups is 1. The van der Waals surface area contributed by atoms with E-state index >= 15 is 0 Å². The van der Waals surface area contributed by atoms with Crippen LogP contribution in [-0.2, 0) is 4.79 Å². The SMILES string of the molecule is CCC1CCCCN1C(C(=O)O)c1cc(Cl)ccc1O. The average Bonchev–Trinajstić information content (AvgIpc) is 2.43. The largest absolute Gasteiger partial charge is 0.508 e. The van der Waals surface area contributed by atoms with Gasteiger partial charge in [0.1, 0.15) is 11.8 Å². The number of phenols is 1. The molecule has 0 bridgehead atoms. The Morgan fingerprint density at radius 1 is 1.50 bits per heavy atom. The molecule has 20 heavy (non-hydrogen) atoms. The Labute approximate surface area is 124 Å². The van der Waals surface area contributed by atoms with Crippen LogP contribution in [0.1, 0.15) is 44.2 Å². The van der Waals surface area contributed by atoms with Gasteiger partial charge in [0.15, 0.2) is 0 Å². The second-order valence-electron chi connectivity index (χ2n) is 5.24. The lowest BCUT2D eigenvalue weighted by atomic mass is 9.94. The Morgan fingerprint density at radius 3 is 2.90 bits per heavy atom. The molecule has 1 aromatic carbocycles. The zero-order valence-corrected chi connectivity index (χ0v) is 12.3. The Hall–Kier alpha value is -1.26. The fraction of sp³-hybridized carbons (Fsp3) is 0.533. The number of rotatable bonds is 4. The van der Waals surface area contributed by atoms with Gasteiger partial charge < -0.3 is 10.2 Å². The zero-order chi connectivity index (χ0) is 14.7. The highest BCUT2D eigenvalue weighted by Crippen LogP contribution is 2.35. The van der Waals surface area contributed by atoms with Crippen LogP contribution >= 0.6 is 11.6 Å². The highest BCUT2D eigenvalue weighted by Gasteiger charge is 2.35. The summed E-state index contributed by atoms with van der Waals surface area (Å²) in [5.41, 5.74) is 0.380. The number of aliphatic carboxylic acids is 1. The van der Waals surface area contributed by atoms with Gasteiger partial charge in [0.05, 0.1) is 0 Å². The fourth-order valence-electron chi connectivity index (χ4n) is 3.00. The Bertz CT molecular complexity index is 492. The van der Waals surface area contributed by atoms with Gasteiger partial charge in [-0.25, -0.2) is 0 Å². The van der Waals surface area contributed by atoms with E-state index in [1.165, 1.54) is 6.07 Å². The maximum Gasteiger partial charge on any atom is 0.325 e. The first kappa shape index (κ1) is 15.1. The van der Waals surface area contributed by atoms with Crippen LogP contribution < -0.4 is 0 Å². The van der Waals surface area contributed by atoms with Gasteiger partial charge in [-0.15, -0.1) is 0 Å². The number of aromatic hydroxyl groups is 1. The number of hydrogen-bond acceptors (Lipinski definition) is 3. The maximum absolute atomic E-state index is 11.7. The molecule has 0 saturated carbocycles. The molecule has 2 N–H and O–H groups in total. The predicted molar refractivity (Wildman–Crippen MR) is 78.1 cm³/mol. The first-order chi connectivity index (χ1) is 9.54. The van der Waals surface area contributed by atoms with Gasteiger partial charge in [-0.2, -0.15) is 0 Å². The second-order valence-corrected chi connectivity index (χ2v) is 5.68. The van der Waals surface area contributed by atoms with Crippen molar-refractivity contribution in [3.63, 3.8) is 0 Å². The lowest BCUT2D eigenvalue weighted by Gasteiger charge is -2.39. The van der Waals surface area contributed by atoms with Gasteiger partial charge in [-0.05, 0) is 44.0 Å². The van der Waals surface area contributed by atoms with E-state index in [-0.39, 0.29) is 11.8 Å². The van der Waals surface area contributed by atoms with Crippen LogP contribution in [0.25, 0.3) is 0 Å². The van der Waals surface area contributed by atoms with Crippen molar-refractivity contribution in [2.75, 3.05) is 6.54 Å². The highest BCUT2D eigenvalue weighted by molar-refractivity contribution is 6.30. The van der Waals surface area contributed by atoms with Crippen molar-refractivity contribution < 1.29 is 15.0 Å².